The monoisotopic (exact) mass is 940 g/mol. The second-order valence-electron chi connectivity index (χ2n) is 18.0. The molecule has 0 saturated heterocycles. The van der Waals surface area contributed by atoms with Crippen LogP contribution in [0, 0.1) is 45.3 Å². The van der Waals surface area contributed by atoms with Crippen LogP contribution in [-0.2, 0) is 0 Å². The first-order chi connectivity index (χ1) is 32.6. The van der Waals surface area contributed by atoms with Gasteiger partial charge in [0, 0.05) is 49.4 Å². The molecule has 0 saturated carbocycles. The van der Waals surface area contributed by atoms with Gasteiger partial charge in [0.1, 0.15) is 35.4 Å². The maximum atomic E-state index is 10.3. The van der Waals surface area contributed by atoms with Crippen molar-refractivity contribution in [3.63, 3.8) is 0 Å². The van der Waals surface area contributed by atoms with E-state index in [0.29, 0.717) is 22.3 Å². The zero-order chi connectivity index (χ0) is 46.9. The maximum Gasteiger partial charge on any atom is 0.138 e. The van der Waals surface area contributed by atoms with E-state index in [4.69, 9.17) is 0 Å². The van der Waals surface area contributed by atoms with Gasteiger partial charge < -0.3 is 4.90 Å². The highest BCUT2D eigenvalue weighted by atomic mass is 32.1. The molecular weight excluding hydrogens is 863 g/mol. The molecule has 4 rings (SSSR count). The van der Waals surface area contributed by atoms with E-state index in [1.165, 1.54) is 188 Å². The first-order valence-electron chi connectivity index (χ1n) is 25.8. The van der Waals surface area contributed by atoms with Crippen LogP contribution in [-0.4, -0.2) is 13.1 Å². The summed E-state index contributed by atoms with van der Waals surface area (Å²) in [4.78, 5) is 6.99. The van der Waals surface area contributed by atoms with Gasteiger partial charge in [0.2, 0.25) is 0 Å². The lowest BCUT2D eigenvalue weighted by Crippen LogP contribution is -2.25. The second-order valence-corrected chi connectivity index (χ2v) is 21.0. The lowest BCUT2D eigenvalue weighted by atomic mass is 9.87. The third-order valence-corrected chi connectivity index (χ3v) is 16.1. The first kappa shape index (κ1) is 54.2. The standard InChI is InChI=1S/C58H77N5S3/c1-3-5-7-9-11-13-15-17-19-21-23-25-27-29-39-63(40-30-28-26-24-22-20-18-16-14-12-10-8-6-4-2)52-35-33-48(34-36-52)57(50(43-59)44-60)58(51(45-61)46-62)49-42-56(65-47-49)55-38-37-54(66-55)53-32-31-41-64-53/h31-38,41-42,47H,3-30,39-40H2,1-2H3. The minimum Gasteiger partial charge on any atom is -0.372 e. The minimum absolute atomic E-state index is 0.119. The summed E-state index contributed by atoms with van der Waals surface area (Å²) in [7, 11) is 0. The molecule has 66 heavy (non-hydrogen) atoms. The lowest BCUT2D eigenvalue weighted by Gasteiger charge is -2.26. The molecule has 5 nitrogen and oxygen atoms in total. The van der Waals surface area contributed by atoms with Crippen molar-refractivity contribution in [2.75, 3.05) is 18.0 Å². The van der Waals surface area contributed by atoms with E-state index in [1.54, 1.807) is 22.7 Å². The van der Waals surface area contributed by atoms with Crippen LogP contribution in [0.1, 0.15) is 205 Å². The summed E-state index contributed by atoms with van der Waals surface area (Å²) in [5.41, 5.74) is 2.83. The number of thiophene rings is 3. The van der Waals surface area contributed by atoms with Crippen LogP contribution in [0.15, 0.2) is 76.5 Å². The maximum absolute atomic E-state index is 10.3. The predicted molar refractivity (Wildman–Crippen MR) is 287 cm³/mol. The molecular formula is C58H77N5S3. The summed E-state index contributed by atoms with van der Waals surface area (Å²) in [6, 6.07) is 26.9. The molecule has 0 bridgehead atoms. The Bertz CT molecular complexity index is 2100. The number of nitrogens with zero attached hydrogens (tertiary/aromatic N) is 5. The Labute approximate surface area is 412 Å². The highest BCUT2D eigenvalue weighted by Crippen LogP contribution is 2.43. The number of anilines is 1. The first-order valence-corrected chi connectivity index (χ1v) is 28.3. The van der Waals surface area contributed by atoms with Crippen molar-refractivity contribution in [2.45, 2.75) is 194 Å². The number of hydrogen-bond acceptors (Lipinski definition) is 8. The normalized spacial score (nSPS) is 10.8. The second kappa shape index (κ2) is 33.9. The van der Waals surface area contributed by atoms with Gasteiger partial charge in [0.15, 0.2) is 0 Å². The lowest BCUT2D eigenvalue weighted by molar-refractivity contribution is 0.529. The van der Waals surface area contributed by atoms with E-state index in [0.717, 1.165) is 41.4 Å². The predicted octanol–water partition coefficient (Wildman–Crippen LogP) is 19.3. The summed E-state index contributed by atoms with van der Waals surface area (Å²) < 4.78 is 0. The zero-order valence-corrected chi connectivity index (χ0v) is 43.0. The van der Waals surface area contributed by atoms with Gasteiger partial charge >= 0.3 is 0 Å². The molecule has 3 aromatic heterocycles. The number of nitriles is 4. The van der Waals surface area contributed by atoms with Crippen molar-refractivity contribution in [1.82, 2.24) is 0 Å². The molecule has 0 aliphatic heterocycles. The summed E-state index contributed by atoms with van der Waals surface area (Å²) in [5, 5.41) is 45.1. The fraction of sp³-hybridized carbons (Fsp3) is 0.552. The van der Waals surface area contributed by atoms with Crippen LogP contribution in [0.4, 0.5) is 5.69 Å². The van der Waals surface area contributed by atoms with Crippen molar-refractivity contribution in [1.29, 1.82) is 21.0 Å². The molecule has 0 unspecified atom stereocenters. The third-order valence-electron chi connectivity index (χ3n) is 12.8. The van der Waals surface area contributed by atoms with Crippen LogP contribution < -0.4 is 4.90 Å². The van der Waals surface area contributed by atoms with Crippen LogP contribution in [0.25, 0.3) is 30.7 Å². The molecule has 352 valence electrons. The number of allylic oxidation sites excluding steroid dienone is 4. The van der Waals surface area contributed by atoms with Crippen LogP contribution in [0.2, 0.25) is 0 Å². The minimum atomic E-state index is -0.121. The molecule has 1 aromatic carbocycles. The highest BCUT2D eigenvalue weighted by molar-refractivity contribution is 7.25. The van der Waals surface area contributed by atoms with Gasteiger partial charge in [-0.15, -0.1) is 34.0 Å². The van der Waals surface area contributed by atoms with E-state index in [9.17, 15) is 21.0 Å². The Morgan fingerprint density at radius 2 is 0.818 bits per heavy atom. The Morgan fingerprint density at radius 3 is 1.21 bits per heavy atom. The number of unbranched alkanes of at least 4 members (excludes halogenated alkanes) is 26. The molecule has 4 aromatic rings. The summed E-state index contributed by atoms with van der Waals surface area (Å²) in [6.07, 6.45) is 37.5. The molecule has 0 aliphatic rings. The van der Waals surface area contributed by atoms with Gasteiger partial charge in [-0.3, -0.25) is 0 Å². The quantitative estimate of drug-likeness (QED) is 0.0257. The third kappa shape index (κ3) is 19.4. The van der Waals surface area contributed by atoms with E-state index in [-0.39, 0.29) is 11.1 Å². The summed E-state index contributed by atoms with van der Waals surface area (Å²) in [6.45, 7) is 6.56. The van der Waals surface area contributed by atoms with Crippen molar-refractivity contribution < 1.29 is 0 Å². The Kier molecular flexibility index (Phi) is 27.9. The largest absolute Gasteiger partial charge is 0.372 e. The average Bonchev–Trinajstić information content (AvgIpc) is 4.16. The van der Waals surface area contributed by atoms with Gasteiger partial charge in [-0.05, 0) is 71.1 Å². The molecule has 0 spiro atoms. The van der Waals surface area contributed by atoms with Crippen LogP contribution in [0.3, 0.4) is 0 Å². The van der Waals surface area contributed by atoms with Gasteiger partial charge in [0.05, 0.1) is 0 Å². The number of hydrogen-bond donors (Lipinski definition) is 0. The highest BCUT2D eigenvalue weighted by Gasteiger charge is 2.23. The molecule has 0 atom stereocenters. The fourth-order valence-electron chi connectivity index (χ4n) is 8.92. The number of rotatable bonds is 36. The number of benzene rings is 1. The SMILES string of the molecule is CCCCCCCCCCCCCCCCN(CCCCCCCCCCCCCCCC)c1ccc(C(=C(C#N)C#N)C(=C(C#N)C#N)c2csc(-c3ccc(-c4cccs4)s3)c2)cc1. The molecule has 0 fully saturated rings. The molecule has 0 aliphatic carbocycles. The van der Waals surface area contributed by atoms with Crippen LogP contribution >= 0.6 is 34.0 Å². The van der Waals surface area contributed by atoms with Gasteiger partial charge in [-0.2, -0.15) is 21.0 Å². The Morgan fingerprint density at radius 1 is 0.424 bits per heavy atom. The van der Waals surface area contributed by atoms with Crippen molar-refractivity contribution in [3.8, 4) is 43.8 Å². The zero-order valence-electron chi connectivity index (χ0n) is 40.5. The molecule has 3 heterocycles. The van der Waals surface area contributed by atoms with Gasteiger partial charge in [-0.1, -0.05) is 199 Å². The van der Waals surface area contributed by atoms with E-state index >= 15 is 0 Å². The van der Waals surface area contributed by atoms with Gasteiger partial charge in [-0.25, -0.2) is 0 Å². The molecule has 0 N–H and O–H groups in total. The summed E-state index contributed by atoms with van der Waals surface area (Å²) in [5.74, 6) is 0. The Hall–Kier alpha value is -4.44. The van der Waals surface area contributed by atoms with Gasteiger partial charge in [0.25, 0.3) is 0 Å². The smallest absolute Gasteiger partial charge is 0.138 e. The molecule has 0 radical (unpaired) electrons. The van der Waals surface area contributed by atoms with E-state index < -0.39 is 0 Å². The fourth-order valence-corrected chi connectivity index (χ4v) is 11.8. The van der Waals surface area contributed by atoms with E-state index in [1.807, 2.05) is 29.6 Å². The Balaban J connectivity index is 1.41. The van der Waals surface area contributed by atoms with Crippen molar-refractivity contribution in [2.24, 2.45) is 0 Å². The van der Waals surface area contributed by atoms with Crippen LogP contribution in [0.5, 0.6) is 0 Å². The average molecular weight is 940 g/mol. The topological polar surface area (TPSA) is 98.4 Å². The summed E-state index contributed by atoms with van der Waals surface area (Å²) >= 11 is 4.93. The van der Waals surface area contributed by atoms with E-state index in [2.05, 4.69) is 78.7 Å². The molecule has 8 heteroatoms. The van der Waals surface area contributed by atoms with Crippen molar-refractivity contribution >= 4 is 50.8 Å². The molecule has 0 amide bonds. The van der Waals surface area contributed by atoms with Crippen molar-refractivity contribution in [3.05, 3.63) is 87.6 Å².